The fraction of sp³-hybridized carbons (Fsp3) is 0.316. The third-order valence-corrected chi connectivity index (χ3v) is 5.70. The number of carbonyl (C=O) groups is 1. The molecule has 5 nitrogen and oxygen atoms in total. The smallest absolute Gasteiger partial charge is 0.264 e. The lowest BCUT2D eigenvalue weighted by Crippen LogP contribution is -2.31. The summed E-state index contributed by atoms with van der Waals surface area (Å²) >= 11 is 0. The van der Waals surface area contributed by atoms with Crippen LogP contribution < -0.4 is 9.62 Å². The quantitative estimate of drug-likeness (QED) is 0.890. The summed E-state index contributed by atoms with van der Waals surface area (Å²) in [4.78, 5) is 12.4. The van der Waals surface area contributed by atoms with Gasteiger partial charge in [0.1, 0.15) is 0 Å². The van der Waals surface area contributed by atoms with E-state index >= 15 is 0 Å². The van der Waals surface area contributed by atoms with Crippen molar-refractivity contribution >= 4 is 21.6 Å². The molecule has 0 aromatic heterocycles. The minimum absolute atomic E-state index is 0.00581. The van der Waals surface area contributed by atoms with Gasteiger partial charge in [-0.1, -0.05) is 23.8 Å². The van der Waals surface area contributed by atoms with Gasteiger partial charge in [0.05, 0.1) is 10.6 Å². The molecule has 1 amide bonds. The Kier molecular flexibility index (Phi) is 5.52. The number of sulfonamides is 1. The number of hydrogen-bond acceptors (Lipinski definition) is 3. The Morgan fingerprint density at radius 1 is 1.04 bits per heavy atom. The molecule has 0 saturated carbocycles. The maximum atomic E-state index is 12.9. The Morgan fingerprint density at radius 2 is 1.64 bits per heavy atom. The molecular weight excluding hydrogens is 336 g/mol. The first-order valence-corrected chi connectivity index (χ1v) is 9.54. The average Bonchev–Trinajstić information content (AvgIpc) is 2.54. The maximum absolute atomic E-state index is 12.9. The molecule has 0 aliphatic rings. The van der Waals surface area contributed by atoms with Crippen LogP contribution in [-0.2, 0) is 10.0 Å². The van der Waals surface area contributed by atoms with E-state index in [9.17, 15) is 13.2 Å². The second-order valence-electron chi connectivity index (χ2n) is 6.42. The molecule has 2 rings (SSSR count). The fourth-order valence-electron chi connectivity index (χ4n) is 2.43. The molecule has 2 aromatic carbocycles. The lowest BCUT2D eigenvalue weighted by Gasteiger charge is -2.22. The number of amides is 1. The summed E-state index contributed by atoms with van der Waals surface area (Å²) in [5.74, 6) is -0.225. The standard InChI is InChI=1S/C19H24N2O3S/c1-13(2)20-19(22)16-9-8-15(4)18(12-16)21(5)25(23,24)17-10-6-14(3)7-11-17/h6-13H,1-5H3,(H,20,22). The molecule has 0 unspecified atom stereocenters. The third kappa shape index (κ3) is 4.20. The van der Waals surface area contributed by atoms with Crippen molar-refractivity contribution in [2.75, 3.05) is 11.4 Å². The van der Waals surface area contributed by atoms with E-state index in [2.05, 4.69) is 5.32 Å². The fourth-order valence-corrected chi connectivity index (χ4v) is 3.69. The Bertz CT molecular complexity index is 872. The van der Waals surface area contributed by atoms with Crippen molar-refractivity contribution in [3.8, 4) is 0 Å². The zero-order valence-electron chi connectivity index (χ0n) is 15.2. The molecule has 0 radical (unpaired) electrons. The molecule has 0 aliphatic heterocycles. The molecule has 0 heterocycles. The van der Waals surface area contributed by atoms with Crippen molar-refractivity contribution in [2.24, 2.45) is 0 Å². The summed E-state index contributed by atoms with van der Waals surface area (Å²) in [5, 5.41) is 2.81. The molecule has 2 aromatic rings. The SMILES string of the molecule is Cc1ccc(S(=O)(=O)N(C)c2cc(C(=O)NC(C)C)ccc2C)cc1. The molecule has 0 fully saturated rings. The first kappa shape index (κ1) is 19.0. The van der Waals surface area contributed by atoms with Crippen molar-refractivity contribution in [1.82, 2.24) is 5.32 Å². The molecule has 0 aliphatic carbocycles. The number of nitrogens with zero attached hydrogens (tertiary/aromatic N) is 1. The van der Waals surface area contributed by atoms with Crippen LogP contribution in [0.5, 0.6) is 0 Å². The topological polar surface area (TPSA) is 66.5 Å². The summed E-state index contributed by atoms with van der Waals surface area (Å²) < 4.78 is 27.0. The van der Waals surface area contributed by atoms with Crippen LogP contribution in [0.25, 0.3) is 0 Å². The Labute approximate surface area is 149 Å². The molecule has 6 heteroatoms. The minimum atomic E-state index is -3.70. The number of nitrogens with one attached hydrogen (secondary N) is 1. The van der Waals surface area contributed by atoms with Gasteiger partial charge in [-0.15, -0.1) is 0 Å². The summed E-state index contributed by atoms with van der Waals surface area (Å²) in [5.41, 5.74) is 2.68. The van der Waals surface area contributed by atoms with Crippen molar-refractivity contribution in [2.45, 2.75) is 38.6 Å². The highest BCUT2D eigenvalue weighted by Crippen LogP contribution is 2.26. The van der Waals surface area contributed by atoms with E-state index in [0.29, 0.717) is 11.3 Å². The highest BCUT2D eigenvalue weighted by molar-refractivity contribution is 7.92. The zero-order chi connectivity index (χ0) is 18.8. The van der Waals surface area contributed by atoms with E-state index in [4.69, 9.17) is 0 Å². The van der Waals surface area contributed by atoms with Crippen LogP contribution in [0.3, 0.4) is 0 Å². The van der Waals surface area contributed by atoms with Crippen LogP contribution in [0.4, 0.5) is 5.69 Å². The lowest BCUT2D eigenvalue weighted by atomic mass is 10.1. The van der Waals surface area contributed by atoms with E-state index in [1.807, 2.05) is 27.7 Å². The van der Waals surface area contributed by atoms with Crippen LogP contribution in [0.15, 0.2) is 47.4 Å². The molecule has 0 saturated heterocycles. The van der Waals surface area contributed by atoms with Gasteiger partial charge in [0, 0.05) is 18.7 Å². The van der Waals surface area contributed by atoms with Crippen LogP contribution in [0.2, 0.25) is 0 Å². The minimum Gasteiger partial charge on any atom is -0.350 e. The average molecular weight is 360 g/mol. The number of hydrogen-bond donors (Lipinski definition) is 1. The molecular formula is C19H24N2O3S. The van der Waals surface area contributed by atoms with Gasteiger partial charge in [-0.3, -0.25) is 9.10 Å². The van der Waals surface area contributed by atoms with Crippen molar-refractivity contribution in [3.63, 3.8) is 0 Å². The highest BCUT2D eigenvalue weighted by atomic mass is 32.2. The number of aryl methyl sites for hydroxylation is 2. The van der Waals surface area contributed by atoms with Gasteiger partial charge in [-0.25, -0.2) is 8.42 Å². The summed E-state index contributed by atoms with van der Waals surface area (Å²) in [7, 11) is -2.19. The summed E-state index contributed by atoms with van der Waals surface area (Å²) in [6, 6.07) is 11.8. The number of rotatable bonds is 5. The van der Waals surface area contributed by atoms with Gasteiger partial charge in [0.2, 0.25) is 0 Å². The van der Waals surface area contributed by atoms with Crippen molar-refractivity contribution < 1.29 is 13.2 Å². The van der Waals surface area contributed by atoms with E-state index in [-0.39, 0.29) is 16.8 Å². The van der Waals surface area contributed by atoms with Crippen LogP contribution in [0, 0.1) is 13.8 Å². The van der Waals surface area contributed by atoms with Gasteiger partial charge in [-0.05, 0) is 57.5 Å². The first-order valence-electron chi connectivity index (χ1n) is 8.10. The first-order chi connectivity index (χ1) is 11.6. The number of benzene rings is 2. The van der Waals surface area contributed by atoms with E-state index in [1.165, 1.54) is 11.4 Å². The van der Waals surface area contributed by atoms with Crippen molar-refractivity contribution in [1.29, 1.82) is 0 Å². The van der Waals surface area contributed by atoms with Gasteiger partial charge >= 0.3 is 0 Å². The predicted molar refractivity (Wildman–Crippen MR) is 101 cm³/mol. The molecule has 25 heavy (non-hydrogen) atoms. The van der Waals surface area contributed by atoms with Gasteiger partial charge in [-0.2, -0.15) is 0 Å². The van der Waals surface area contributed by atoms with Crippen LogP contribution in [-0.4, -0.2) is 27.4 Å². The number of anilines is 1. The van der Waals surface area contributed by atoms with Gasteiger partial charge < -0.3 is 5.32 Å². The summed E-state index contributed by atoms with van der Waals surface area (Å²) in [6.45, 7) is 7.48. The second-order valence-corrected chi connectivity index (χ2v) is 8.38. The third-order valence-electron chi connectivity index (χ3n) is 3.91. The predicted octanol–water partition coefficient (Wildman–Crippen LogP) is 3.27. The molecule has 0 bridgehead atoms. The molecule has 134 valence electrons. The van der Waals surface area contributed by atoms with E-state index in [0.717, 1.165) is 11.1 Å². The Hall–Kier alpha value is -2.34. The normalized spacial score (nSPS) is 11.4. The monoisotopic (exact) mass is 360 g/mol. The van der Waals surface area contributed by atoms with Crippen molar-refractivity contribution in [3.05, 3.63) is 59.2 Å². The van der Waals surface area contributed by atoms with Gasteiger partial charge in [0.15, 0.2) is 0 Å². The van der Waals surface area contributed by atoms with Gasteiger partial charge in [0.25, 0.3) is 15.9 Å². The Balaban J connectivity index is 2.42. The van der Waals surface area contributed by atoms with E-state index < -0.39 is 10.0 Å². The lowest BCUT2D eigenvalue weighted by molar-refractivity contribution is 0.0943. The second kappa shape index (κ2) is 7.27. The van der Waals surface area contributed by atoms with Crippen LogP contribution >= 0.6 is 0 Å². The molecule has 0 spiro atoms. The maximum Gasteiger partial charge on any atom is 0.264 e. The highest BCUT2D eigenvalue weighted by Gasteiger charge is 2.23. The summed E-state index contributed by atoms with van der Waals surface area (Å²) in [6.07, 6.45) is 0. The van der Waals surface area contributed by atoms with E-state index in [1.54, 1.807) is 42.5 Å². The molecule has 1 N–H and O–H groups in total. The Morgan fingerprint density at radius 3 is 2.20 bits per heavy atom. The largest absolute Gasteiger partial charge is 0.350 e. The number of carbonyl (C=O) groups excluding carboxylic acids is 1. The molecule has 0 atom stereocenters. The van der Waals surface area contributed by atoms with Crippen LogP contribution in [0.1, 0.15) is 35.3 Å². The zero-order valence-corrected chi connectivity index (χ0v) is 16.0.